The molecule has 0 rings (SSSR count). The minimum Gasteiger partial charge on any atom is -0.382 e. The lowest BCUT2D eigenvalue weighted by Gasteiger charge is -2.25. The molecule has 0 aromatic rings. The maximum atomic E-state index is 5.27. The maximum absolute atomic E-state index is 5.27. The maximum Gasteiger partial charge on any atom is 0.0546 e. The summed E-state index contributed by atoms with van der Waals surface area (Å²) in [4.78, 5) is 0. The number of hydrogen-bond donors (Lipinski definition) is 1. The molecule has 0 saturated heterocycles. The number of rotatable bonds is 7. The highest BCUT2D eigenvalue weighted by Crippen LogP contribution is 2.14. The summed E-state index contributed by atoms with van der Waals surface area (Å²) in [5.74, 6) is 0.694. The second-order valence-corrected chi connectivity index (χ2v) is 3.83. The Balaban J connectivity index is 3.82. The highest BCUT2D eigenvalue weighted by atomic mass is 16.5. The van der Waals surface area contributed by atoms with Crippen LogP contribution in [0.3, 0.4) is 0 Å². The van der Waals surface area contributed by atoms with Gasteiger partial charge in [-0.25, -0.2) is 0 Å². The van der Waals surface area contributed by atoms with Crippen molar-refractivity contribution in [1.29, 1.82) is 0 Å². The molecule has 0 aliphatic rings. The van der Waals surface area contributed by atoms with Gasteiger partial charge in [0.05, 0.1) is 6.10 Å². The molecule has 0 amide bonds. The summed E-state index contributed by atoms with van der Waals surface area (Å²) in [5.41, 5.74) is 0. The average molecular weight is 187 g/mol. The van der Waals surface area contributed by atoms with E-state index in [0.717, 1.165) is 13.0 Å². The number of ether oxygens (including phenoxy) is 1. The highest BCUT2D eigenvalue weighted by Gasteiger charge is 2.16. The fourth-order valence-corrected chi connectivity index (χ4v) is 1.79. The topological polar surface area (TPSA) is 21.3 Å². The summed E-state index contributed by atoms with van der Waals surface area (Å²) in [6.07, 6.45) is 2.72. The smallest absolute Gasteiger partial charge is 0.0546 e. The third kappa shape index (κ3) is 5.27. The minimum atomic E-state index is 0.378. The van der Waals surface area contributed by atoms with E-state index in [-0.39, 0.29) is 0 Å². The van der Waals surface area contributed by atoms with Gasteiger partial charge in [0, 0.05) is 13.2 Å². The predicted octanol–water partition coefficient (Wildman–Crippen LogP) is 2.44. The number of methoxy groups -OCH3 is 1. The van der Waals surface area contributed by atoms with Gasteiger partial charge in [-0.3, -0.25) is 0 Å². The van der Waals surface area contributed by atoms with Crippen molar-refractivity contribution in [3.05, 3.63) is 0 Å². The van der Waals surface area contributed by atoms with Crippen LogP contribution in [0.4, 0.5) is 0 Å². The van der Waals surface area contributed by atoms with Gasteiger partial charge in [-0.1, -0.05) is 20.8 Å². The van der Waals surface area contributed by atoms with Crippen LogP contribution in [0, 0.1) is 5.92 Å². The van der Waals surface area contributed by atoms with E-state index in [1.807, 2.05) is 0 Å². The highest BCUT2D eigenvalue weighted by molar-refractivity contribution is 4.73. The van der Waals surface area contributed by atoms with E-state index in [1.165, 1.54) is 6.42 Å². The summed E-state index contributed by atoms with van der Waals surface area (Å²) in [6, 6.07) is 0.641. The zero-order chi connectivity index (χ0) is 10.3. The molecule has 13 heavy (non-hydrogen) atoms. The SMILES string of the molecule is CCNC(CC)C(C)CC(C)OC. The van der Waals surface area contributed by atoms with Gasteiger partial charge in [-0.05, 0) is 32.2 Å². The van der Waals surface area contributed by atoms with Crippen LogP contribution in [0.2, 0.25) is 0 Å². The van der Waals surface area contributed by atoms with Crippen LogP contribution in [0.25, 0.3) is 0 Å². The lowest BCUT2D eigenvalue weighted by atomic mass is 9.94. The summed E-state index contributed by atoms with van der Waals surface area (Å²) in [5, 5.41) is 3.51. The first-order valence-electron chi connectivity index (χ1n) is 5.41. The normalized spacial score (nSPS) is 18.2. The summed E-state index contributed by atoms with van der Waals surface area (Å²) < 4.78 is 5.27. The van der Waals surface area contributed by atoms with E-state index in [9.17, 15) is 0 Å². The van der Waals surface area contributed by atoms with Gasteiger partial charge < -0.3 is 10.1 Å². The molecular formula is C11H25NO. The second kappa shape index (κ2) is 7.34. The number of hydrogen-bond acceptors (Lipinski definition) is 2. The Hall–Kier alpha value is -0.0800. The van der Waals surface area contributed by atoms with Gasteiger partial charge in [0.1, 0.15) is 0 Å². The van der Waals surface area contributed by atoms with Crippen LogP contribution in [-0.2, 0) is 4.74 Å². The van der Waals surface area contributed by atoms with Crippen molar-refractivity contribution in [2.45, 2.75) is 52.7 Å². The largest absolute Gasteiger partial charge is 0.382 e. The van der Waals surface area contributed by atoms with Crippen LogP contribution in [0.1, 0.15) is 40.5 Å². The van der Waals surface area contributed by atoms with Crippen LogP contribution in [-0.4, -0.2) is 25.8 Å². The molecule has 1 N–H and O–H groups in total. The van der Waals surface area contributed by atoms with Crippen LogP contribution >= 0.6 is 0 Å². The van der Waals surface area contributed by atoms with Gasteiger partial charge >= 0.3 is 0 Å². The molecule has 0 saturated carbocycles. The predicted molar refractivity (Wildman–Crippen MR) is 58.0 cm³/mol. The standard InChI is InChI=1S/C11H25NO/c1-6-11(12-7-2)9(3)8-10(4)13-5/h9-12H,6-8H2,1-5H3. The van der Waals surface area contributed by atoms with E-state index in [1.54, 1.807) is 7.11 Å². The Labute approximate surface area is 83.1 Å². The molecular weight excluding hydrogens is 162 g/mol. The van der Waals surface area contributed by atoms with Gasteiger partial charge in [-0.2, -0.15) is 0 Å². The van der Waals surface area contributed by atoms with Gasteiger partial charge in [0.25, 0.3) is 0 Å². The molecule has 3 unspecified atom stereocenters. The first kappa shape index (κ1) is 12.9. The van der Waals surface area contributed by atoms with Crippen molar-refractivity contribution < 1.29 is 4.74 Å². The Bertz CT molecular complexity index is 117. The summed E-state index contributed by atoms with van der Waals surface area (Å²) in [6.45, 7) is 9.89. The van der Waals surface area contributed by atoms with E-state index in [4.69, 9.17) is 4.74 Å². The van der Waals surface area contributed by atoms with Gasteiger partial charge in [0.15, 0.2) is 0 Å². The molecule has 0 bridgehead atoms. The van der Waals surface area contributed by atoms with Crippen molar-refractivity contribution in [2.24, 2.45) is 5.92 Å². The quantitative estimate of drug-likeness (QED) is 0.661. The van der Waals surface area contributed by atoms with E-state index < -0.39 is 0 Å². The lowest BCUT2D eigenvalue weighted by Crippen LogP contribution is -2.35. The zero-order valence-corrected chi connectivity index (χ0v) is 9.76. The Morgan fingerprint density at radius 1 is 1.23 bits per heavy atom. The van der Waals surface area contributed by atoms with Crippen LogP contribution in [0.5, 0.6) is 0 Å². The van der Waals surface area contributed by atoms with Crippen LogP contribution < -0.4 is 5.32 Å². The van der Waals surface area contributed by atoms with Crippen molar-refractivity contribution in [3.63, 3.8) is 0 Å². The van der Waals surface area contributed by atoms with Crippen LogP contribution in [0.15, 0.2) is 0 Å². The molecule has 2 heteroatoms. The third-order valence-electron chi connectivity index (χ3n) is 2.70. The fourth-order valence-electron chi connectivity index (χ4n) is 1.79. The Morgan fingerprint density at radius 2 is 1.85 bits per heavy atom. The average Bonchev–Trinajstić information content (AvgIpc) is 2.13. The van der Waals surface area contributed by atoms with Crippen molar-refractivity contribution in [3.8, 4) is 0 Å². The molecule has 3 atom stereocenters. The summed E-state index contributed by atoms with van der Waals surface area (Å²) >= 11 is 0. The van der Waals surface area contributed by atoms with Crippen molar-refractivity contribution in [1.82, 2.24) is 5.32 Å². The molecule has 0 radical (unpaired) electrons. The fraction of sp³-hybridized carbons (Fsp3) is 1.00. The third-order valence-corrected chi connectivity index (χ3v) is 2.70. The number of nitrogens with one attached hydrogen (secondary N) is 1. The lowest BCUT2D eigenvalue weighted by molar-refractivity contribution is 0.0905. The van der Waals surface area contributed by atoms with E-state index in [0.29, 0.717) is 18.1 Å². The molecule has 0 fully saturated rings. The molecule has 80 valence electrons. The molecule has 0 aliphatic heterocycles. The Morgan fingerprint density at radius 3 is 2.23 bits per heavy atom. The monoisotopic (exact) mass is 187 g/mol. The zero-order valence-electron chi connectivity index (χ0n) is 9.76. The molecule has 0 spiro atoms. The van der Waals surface area contributed by atoms with E-state index >= 15 is 0 Å². The second-order valence-electron chi connectivity index (χ2n) is 3.83. The minimum absolute atomic E-state index is 0.378. The Kier molecular flexibility index (Phi) is 7.29. The van der Waals surface area contributed by atoms with E-state index in [2.05, 4.69) is 33.0 Å². The molecule has 0 aromatic heterocycles. The van der Waals surface area contributed by atoms with Crippen molar-refractivity contribution in [2.75, 3.05) is 13.7 Å². The van der Waals surface area contributed by atoms with Crippen molar-refractivity contribution >= 4 is 0 Å². The summed E-state index contributed by atoms with van der Waals surface area (Å²) in [7, 11) is 1.78. The molecule has 0 heterocycles. The molecule has 0 aliphatic carbocycles. The van der Waals surface area contributed by atoms with Gasteiger partial charge in [0.2, 0.25) is 0 Å². The first-order valence-corrected chi connectivity index (χ1v) is 5.41. The van der Waals surface area contributed by atoms with Gasteiger partial charge in [-0.15, -0.1) is 0 Å². The molecule has 2 nitrogen and oxygen atoms in total. The first-order chi connectivity index (χ1) is 6.15. The molecule has 0 aromatic carbocycles.